The molecule has 80 valence electrons. The number of hydrogen-bond acceptors (Lipinski definition) is 0. The average Bonchev–Trinajstić information content (AvgIpc) is 2.11. The molecule has 0 spiro atoms. The lowest BCUT2D eigenvalue weighted by Crippen LogP contribution is -2.30. The highest BCUT2D eigenvalue weighted by Gasteiger charge is 2.32. The van der Waals surface area contributed by atoms with Crippen LogP contribution in [0.25, 0.3) is 0 Å². The highest BCUT2D eigenvalue weighted by atomic mass is 35.6. The van der Waals surface area contributed by atoms with E-state index in [1.807, 2.05) is 0 Å². The predicted octanol–water partition coefficient (Wildman–Crippen LogP) is 5.18. The Bertz CT molecular complexity index is 115. The molecule has 0 rings (SSSR count). The van der Waals surface area contributed by atoms with Crippen molar-refractivity contribution >= 4 is 18.5 Å². The zero-order valence-corrected chi connectivity index (χ0v) is 11.5. The van der Waals surface area contributed by atoms with Crippen LogP contribution in [-0.4, -0.2) is 7.38 Å². The van der Waals surface area contributed by atoms with Crippen LogP contribution in [0.15, 0.2) is 0 Å². The smallest absolute Gasteiger partial charge is 0.159 e. The number of rotatable bonds is 7. The summed E-state index contributed by atoms with van der Waals surface area (Å²) in [7, 11) is -1.40. The van der Waals surface area contributed by atoms with Gasteiger partial charge in [0.25, 0.3) is 0 Å². The van der Waals surface area contributed by atoms with Crippen LogP contribution in [0, 0.1) is 0 Å². The van der Waals surface area contributed by atoms with Gasteiger partial charge >= 0.3 is 0 Å². The first-order valence-corrected chi connectivity index (χ1v) is 9.26. The molecular weight excluding hydrogens is 196 g/mol. The second kappa shape index (κ2) is 6.89. The molecule has 0 nitrogen and oxygen atoms in total. The molecule has 2 heteroatoms. The van der Waals surface area contributed by atoms with Gasteiger partial charge in [0.05, 0.1) is 0 Å². The second-order valence-electron chi connectivity index (χ2n) is 4.40. The van der Waals surface area contributed by atoms with Gasteiger partial charge < -0.3 is 0 Å². The van der Waals surface area contributed by atoms with E-state index < -0.39 is 7.38 Å². The lowest BCUT2D eigenvalue weighted by molar-refractivity contribution is 0.812. The van der Waals surface area contributed by atoms with Gasteiger partial charge in [-0.05, 0) is 17.6 Å². The van der Waals surface area contributed by atoms with Gasteiger partial charge in [-0.3, -0.25) is 0 Å². The van der Waals surface area contributed by atoms with Gasteiger partial charge in [0.1, 0.15) is 0 Å². The van der Waals surface area contributed by atoms with Crippen molar-refractivity contribution in [3.63, 3.8) is 0 Å². The lowest BCUT2D eigenvalue weighted by atomic mass is 10.4. The van der Waals surface area contributed by atoms with E-state index in [9.17, 15) is 0 Å². The van der Waals surface area contributed by atoms with Crippen LogP contribution in [0.5, 0.6) is 0 Å². The minimum Gasteiger partial charge on any atom is -0.167 e. The summed E-state index contributed by atoms with van der Waals surface area (Å²) in [5, 5.41) is 0. The van der Waals surface area contributed by atoms with Gasteiger partial charge in [-0.2, -0.15) is 11.1 Å². The Labute approximate surface area is 89.8 Å². The summed E-state index contributed by atoms with van der Waals surface area (Å²) < 4.78 is 0. The van der Waals surface area contributed by atoms with Crippen molar-refractivity contribution in [3.8, 4) is 0 Å². The summed E-state index contributed by atoms with van der Waals surface area (Å²) in [5.41, 5.74) is 0.743. The number of halogens is 1. The molecule has 0 aliphatic heterocycles. The molecule has 0 heterocycles. The second-order valence-corrected chi connectivity index (χ2v) is 10.9. The van der Waals surface area contributed by atoms with E-state index in [2.05, 4.69) is 27.7 Å². The largest absolute Gasteiger partial charge is 0.167 e. The van der Waals surface area contributed by atoms with Crippen LogP contribution >= 0.6 is 11.1 Å². The van der Waals surface area contributed by atoms with Crippen molar-refractivity contribution < 1.29 is 0 Å². The molecule has 0 unspecified atom stereocenters. The van der Waals surface area contributed by atoms with Crippen LogP contribution < -0.4 is 0 Å². The summed E-state index contributed by atoms with van der Waals surface area (Å²) in [6.45, 7) is 9.13. The minimum absolute atomic E-state index is 0.743. The highest BCUT2D eigenvalue weighted by Crippen LogP contribution is 2.36. The molecule has 0 bridgehead atoms. The van der Waals surface area contributed by atoms with Crippen LogP contribution in [0.4, 0.5) is 0 Å². The molecule has 0 aliphatic rings. The Morgan fingerprint density at radius 2 is 1.38 bits per heavy atom. The van der Waals surface area contributed by atoms with Crippen molar-refractivity contribution in [1.82, 2.24) is 0 Å². The maximum atomic E-state index is 6.77. The molecule has 0 aromatic heterocycles. The van der Waals surface area contributed by atoms with Crippen molar-refractivity contribution in [1.29, 1.82) is 0 Å². The fourth-order valence-corrected chi connectivity index (χ4v) is 5.73. The molecule has 0 atom stereocenters. The summed E-state index contributed by atoms with van der Waals surface area (Å²) in [5.74, 6) is 0. The Morgan fingerprint density at radius 3 is 1.62 bits per heavy atom. The average molecular weight is 221 g/mol. The maximum absolute atomic E-state index is 6.77. The summed E-state index contributed by atoms with van der Waals surface area (Å²) in [4.78, 5) is 0. The highest BCUT2D eigenvalue weighted by molar-refractivity contribution is 7.21. The molecular formula is C11H25ClSi. The fraction of sp³-hybridized carbons (Fsp3) is 1.00. The third-order valence-electron chi connectivity index (χ3n) is 2.93. The molecule has 0 radical (unpaired) electrons. The Hall–Kier alpha value is 0.507. The Kier molecular flexibility index (Phi) is 7.16. The third-order valence-corrected chi connectivity index (χ3v) is 9.81. The Morgan fingerprint density at radius 1 is 1.00 bits per heavy atom. The van der Waals surface area contributed by atoms with Crippen molar-refractivity contribution in [3.05, 3.63) is 0 Å². The molecule has 0 aromatic carbocycles. The molecule has 0 aliphatic carbocycles. The fourth-order valence-electron chi connectivity index (χ4n) is 1.64. The van der Waals surface area contributed by atoms with Gasteiger partial charge in [-0.1, -0.05) is 53.4 Å². The first-order chi connectivity index (χ1) is 6.06. The van der Waals surface area contributed by atoms with Crippen molar-refractivity contribution in [2.45, 2.75) is 71.0 Å². The molecule has 0 N–H and O–H groups in total. The summed E-state index contributed by atoms with van der Waals surface area (Å²) >= 11 is 6.77. The summed E-state index contributed by atoms with van der Waals surface area (Å²) in [6.07, 6.45) is 5.25. The molecule has 0 aromatic rings. The maximum Gasteiger partial charge on any atom is 0.159 e. The van der Waals surface area contributed by atoms with E-state index in [4.69, 9.17) is 11.1 Å². The van der Waals surface area contributed by atoms with E-state index in [-0.39, 0.29) is 0 Å². The van der Waals surface area contributed by atoms with Crippen molar-refractivity contribution in [2.24, 2.45) is 0 Å². The van der Waals surface area contributed by atoms with E-state index in [0.29, 0.717) is 0 Å². The molecule has 0 amide bonds. The topological polar surface area (TPSA) is 0 Å². The van der Waals surface area contributed by atoms with Gasteiger partial charge in [0.2, 0.25) is 0 Å². The van der Waals surface area contributed by atoms with Crippen LogP contribution in [0.2, 0.25) is 17.6 Å². The monoisotopic (exact) mass is 220 g/mol. The van der Waals surface area contributed by atoms with Gasteiger partial charge in [0.15, 0.2) is 7.38 Å². The first-order valence-electron chi connectivity index (χ1n) is 5.75. The zero-order chi connectivity index (χ0) is 10.3. The third kappa shape index (κ3) is 5.07. The summed E-state index contributed by atoms with van der Waals surface area (Å²) in [6, 6.07) is 2.64. The van der Waals surface area contributed by atoms with Gasteiger partial charge in [-0.25, -0.2) is 0 Å². The number of unbranched alkanes of at least 4 members (excludes halogenated alkanes) is 2. The van der Waals surface area contributed by atoms with Crippen molar-refractivity contribution in [2.75, 3.05) is 0 Å². The normalized spacial score (nSPS) is 12.5. The molecule has 0 saturated heterocycles. The van der Waals surface area contributed by atoms with E-state index in [1.54, 1.807) is 0 Å². The SMILES string of the molecule is CCCC[Si](Cl)(CCCC)C(C)C. The minimum atomic E-state index is -1.40. The standard InChI is InChI=1S/C11H25ClSi/c1-5-7-9-13(12,11(3)4)10-8-6-2/h11H,5-10H2,1-4H3. The molecule has 0 saturated carbocycles. The van der Waals surface area contributed by atoms with Gasteiger partial charge in [0, 0.05) is 0 Å². The van der Waals surface area contributed by atoms with E-state index in [1.165, 1.54) is 37.8 Å². The van der Waals surface area contributed by atoms with Crippen LogP contribution in [0.1, 0.15) is 53.4 Å². The quantitative estimate of drug-likeness (QED) is 0.410. The van der Waals surface area contributed by atoms with E-state index >= 15 is 0 Å². The van der Waals surface area contributed by atoms with Crippen LogP contribution in [-0.2, 0) is 0 Å². The zero-order valence-electron chi connectivity index (χ0n) is 9.70. The molecule has 13 heavy (non-hydrogen) atoms. The number of hydrogen-bond donors (Lipinski definition) is 0. The molecule has 0 fully saturated rings. The Balaban J connectivity index is 4.00. The predicted molar refractivity (Wildman–Crippen MR) is 66.1 cm³/mol. The van der Waals surface area contributed by atoms with Crippen LogP contribution in [0.3, 0.4) is 0 Å². The van der Waals surface area contributed by atoms with Gasteiger partial charge in [-0.15, -0.1) is 0 Å². The van der Waals surface area contributed by atoms with E-state index in [0.717, 1.165) is 5.54 Å². The lowest BCUT2D eigenvalue weighted by Gasteiger charge is -2.28. The first kappa shape index (κ1) is 13.5.